The van der Waals surface area contributed by atoms with Crippen LogP contribution in [-0.4, -0.2) is 11.5 Å². The Morgan fingerprint density at radius 3 is 2.67 bits per heavy atom. The van der Waals surface area contributed by atoms with Crippen LogP contribution in [0.25, 0.3) is 10.9 Å². The molecule has 0 fully saturated rings. The Bertz CT molecular complexity index is 564. The number of rotatable bonds is 4. The Hall–Kier alpha value is -1.12. The molecule has 18 heavy (non-hydrogen) atoms. The van der Waals surface area contributed by atoms with Crippen LogP contribution in [0.15, 0.2) is 18.2 Å². The van der Waals surface area contributed by atoms with Gasteiger partial charge in [-0.15, -0.1) is 0 Å². The number of nitrogens with zero attached hydrogens (tertiary/aromatic N) is 1. The van der Waals surface area contributed by atoms with Crippen LogP contribution in [-0.2, 0) is 6.42 Å². The fourth-order valence-corrected chi connectivity index (χ4v) is 2.57. The SMILES string of the molecule is Cc1cc(Cl)c2cc(CCCCN)cc(C)c2n1. The topological polar surface area (TPSA) is 38.9 Å². The average molecular weight is 263 g/mol. The molecule has 0 saturated heterocycles. The zero-order valence-electron chi connectivity index (χ0n) is 11.0. The maximum absolute atomic E-state index is 6.31. The first kappa shape index (κ1) is 13.3. The Labute approximate surface area is 113 Å². The first-order valence-corrected chi connectivity index (χ1v) is 6.76. The third-order valence-electron chi connectivity index (χ3n) is 3.16. The lowest BCUT2D eigenvalue weighted by Gasteiger charge is -2.09. The largest absolute Gasteiger partial charge is 0.330 e. The average Bonchev–Trinajstić information content (AvgIpc) is 2.31. The minimum Gasteiger partial charge on any atom is -0.330 e. The zero-order chi connectivity index (χ0) is 13.1. The molecule has 2 nitrogen and oxygen atoms in total. The molecule has 0 spiro atoms. The van der Waals surface area contributed by atoms with Crippen molar-refractivity contribution in [3.8, 4) is 0 Å². The molecule has 0 aliphatic rings. The van der Waals surface area contributed by atoms with Crippen LogP contribution >= 0.6 is 11.6 Å². The number of aryl methyl sites for hydroxylation is 3. The molecule has 0 aliphatic carbocycles. The van der Waals surface area contributed by atoms with Gasteiger partial charge in [0.2, 0.25) is 0 Å². The van der Waals surface area contributed by atoms with Crippen molar-refractivity contribution in [1.82, 2.24) is 4.98 Å². The van der Waals surface area contributed by atoms with Gasteiger partial charge in [0.15, 0.2) is 0 Å². The third-order valence-corrected chi connectivity index (χ3v) is 3.47. The highest BCUT2D eigenvalue weighted by atomic mass is 35.5. The van der Waals surface area contributed by atoms with Gasteiger partial charge in [-0.2, -0.15) is 0 Å². The lowest BCUT2D eigenvalue weighted by molar-refractivity contribution is 0.745. The molecule has 0 radical (unpaired) electrons. The van der Waals surface area contributed by atoms with Gasteiger partial charge >= 0.3 is 0 Å². The van der Waals surface area contributed by atoms with Gasteiger partial charge in [0.25, 0.3) is 0 Å². The molecule has 2 rings (SSSR count). The molecule has 0 unspecified atom stereocenters. The van der Waals surface area contributed by atoms with Gasteiger partial charge in [0.05, 0.1) is 10.5 Å². The molecule has 0 saturated carbocycles. The molecule has 96 valence electrons. The molecule has 0 bridgehead atoms. The van der Waals surface area contributed by atoms with E-state index < -0.39 is 0 Å². The van der Waals surface area contributed by atoms with Gasteiger partial charge in [0.1, 0.15) is 0 Å². The number of nitrogens with two attached hydrogens (primary N) is 1. The molecule has 0 amide bonds. The highest BCUT2D eigenvalue weighted by molar-refractivity contribution is 6.35. The summed E-state index contributed by atoms with van der Waals surface area (Å²) in [5, 5.41) is 1.85. The van der Waals surface area contributed by atoms with Gasteiger partial charge < -0.3 is 5.73 Å². The van der Waals surface area contributed by atoms with Crippen molar-refractivity contribution in [2.45, 2.75) is 33.1 Å². The highest BCUT2D eigenvalue weighted by Gasteiger charge is 2.07. The van der Waals surface area contributed by atoms with Gasteiger partial charge in [0, 0.05) is 11.1 Å². The Morgan fingerprint density at radius 2 is 1.94 bits per heavy atom. The first-order valence-electron chi connectivity index (χ1n) is 6.38. The van der Waals surface area contributed by atoms with Crippen molar-refractivity contribution in [3.05, 3.63) is 40.0 Å². The number of benzene rings is 1. The Morgan fingerprint density at radius 1 is 1.17 bits per heavy atom. The number of unbranched alkanes of at least 4 members (excludes halogenated alkanes) is 1. The summed E-state index contributed by atoms with van der Waals surface area (Å²) in [6, 6.07) is 6.29. The Balaban J connectivity index is 2.42. The van der Waals surface area contributed by atoms with Gasteiger partial charge in [-0.3, -0.25) is 4.98 Å². The minimum atomic E-state index is 0.758. The summed E-state index contributed by atoms with van der Waals surface area (Å²) in [6.07, 6.45) is 3.24. The third kappa shape index (κ3) is 2.82. The summed E-state index contributed by atoms with van der Waals surface area (Å²) in [5.41, 5.74) is 10.0. The van der Waals surface area contributed by atoms with Crippen molar-refractivity contribution < 1.29 is 0 Å². The summed E-state index contributed by atoms with van der Waals surface area (Å²) in [7, 11) is 0. The number of pyridine rings is 1. The van der Waals surface area contributed by atoms with Crippen LogP contribution in [0.1, 0.15) is 29.7 Å². The number of hydrogen-bond acceptors (Lipinski definition) is 2. The summed E-state index contributed by atoms with van der Waals surface area (Å²) in [4.78, 5) is 4.57. The van der Waals surface area contributed by atoms with E-state index in [1.165, 1.54) is 11.1 Å². The minimum absolute atomic E-state index is 0.758. The van der Waals surface area contributed by atoms with Crippen LogP contribution in [0.3, 0.4) is 0 Å². The fraction of sp³-hybridized carbons (Fsp3) is 0.400. The Kier molecular flexibility index (Phi) is 4.20. The van der Waals surface area contributed by atoms with Crippen molar-refractivity contribution in [2.75, 3.05) is 6.54 Å². The standard InChI is InChI=1S/C15H19ClN2/c1-10-7-12(5-3-4-6-17)9-13-14(16)8-11(2)18-15(10)13/h7-9H,3-6,17H2,1-2H3. The quantitative estimate of drug-likeness (QED) is 0.852. The van der Waals surface area contributed by atoms with Crippen LogP contribution in [0.2, 0.25) is 5.02 Å². The summed E-state index contributed by atoms with van der Waals surface area (Å²) < 4.78 is 0. The highest BCUT2D eigenvalue weighted by Crippen LogP contribution is 2.27. The van der Waals surface area contributed by atoms with E-state index in [0.29, 0.717) is 0 Å². The number of aromatic nitrogens is 1. The second-order valence-electron chi connectivity index (χ2n) is 4.80. The van der Waals surface area contributed by atoms with Crippen molar-refractivity contribution in [3.63, 3.8) is 0 Å². The van der Waals surface area contributed by atoms with Crippen LogP contribution in [0.5, 0.6) is 0 Å². The lowest BCUT2D eigenvalue weighted by Crippen LogP contribution is -1.99. The second kappa shape index (κ2) is 5.68. The zero-order valence-corrected chi connectivity index (χ0v) is 11.7. The monoisotopic (exact) mass is 262 g/mol. The number of hydrogen-bond donors (Lipinski definition) is 1. The van der Waals surface area contributed by atoms with Crippen LogP contribution in [0.4, 0.5) is 0 Å². The summed E-state index contributed by atoms with van der Waals surface area (Å²) >= 11 is 6.31. The maximum Gasteiger partial charge on any atom is 0.0749 e. The van der Waals surface area contributed by atoms with Crippen LogP contribution in [0, 0.1) is 13.8 Å². The lowest BCUT2D eigenvalue weighted by atomic mass is 10.0. The van der Waals surface area contributed by atoms with E-state index in [9.17, 15) is 0 Å². The molecule has 0 aliphatic heterocycles. The van der Waals surface area contributed by atoms with Crippen molar-refractivity contribution in [1.29, 1.82) is 0 Å². The molecule has 2 aromatic rings. The van der Waals surface area contributed by atoms with E-state index in [-0.39, 0.29) is 0 Å². The maximum atomic E-state index is 6.31. The molecule has 1 heterocycles. The van der Waals surface area contributed by atoms with E-state index in [2.05, 4.69) is 24.0 Å². The van der Waals surface area contributed by atoms with Gasteiger partial charge in [-0.05, 0) is 62.9 Å². The fourth-order valence-electron chi connectivity index (χ4n) is 2.27. The smallest absolute Gasteiger partial charge is 0.0749 e. The van der Waals surface area contributed by atoms with Crippen molar-refractivity contribution >= 4 is 22.5 Å². The molecular formula is C15H19ClN2. The second-order valence-corrected chi connectivity index (χ2v) is 5.21. The van der Waals surface area contributed by atoms with E-state index in [4.69, 9.17) is 17.3 Å². The normalized spacial score (nSPS) is 11.1. The van der Waals surface area contributed by atoms with Gasteiger partial charge in [-0.1, -0.05) is 17.7 Å². The van der Waals surface area contributed by atoms with E-state index in [1.807, 2.05) is 13.0 Å². The van der Waals surface area contributed by atoms with Crippen LogP contribution < -0.4 is 5.73 Å². The molecule has 3 heteroatoms. The predicted molar refractivity (Wildman–Crippen MR) is 78.2 cm³/mol. The molecule has 1 aromatic carbocycles. The molecule has 0 atom stereocenters. The predicted octanol–water partition coefficient (Wildman–Crippen LogP) is 3.79. The number of fused-ring (bicyclic) bond motifs is 1. The van der Waals surface area contributed by atoms with Gasteiger partial charge in [-0.25, -0.2) is 0 Å². The van der Waals surface area contributed by atoms with E-state index in [0.717, 1.165) is 47.4 Å². The number of halogens is 1. The first-order chi connectivity index (χ1) is 8.61. The van der Waals surface area contributed by atoms with Crippen molar-refractivity contribution in [2.24, 2.45) is 5.73 Å². The van der Waals surface area contributed by atoms with E-state index >= 15 is 0 Å². The summed E-state index contributed by atoms with van der Waals surface area (Å²) in [6.45, 7) is 4.82. The molecular weight excluding hydrogens is 244 g/mol. The summed E-state index contributed by atoms with van der Waals surface area (Å²) in [5.74, 6) is 0. The molecule has 2 N–H and O–H groups in total. The van der Waals surface area contributed by atoms with E-state index in [1.54, 1.807) is 0 Å². The molecule has 1 aromatic heterocycles.